The van der Waals surface area contributed by atoms with Crippen LogP contribution in [0.25, 0.3) is 0 Å². The molecule has 1 aromatic heterocycles. The van der Waals surface area contributed by atoms with Crippen LogP contribution in [0.5, 0.6) is 0 Å². The summed E-state index contributed by atoms with van der Waals surface area (Å²) in [7, 11) is 1.62. The molecule has 4 nitrogen and oxygen atoms in total. The van der Waals surface area contributed by atoms with Crippen LogP contribution in [0.1, 0.15) is 12.6 Å². The van der Waals surface area contributed by atoms with Crippen molar-refractivity contribution in [3.63, 3.8) is 0 Å². The number of carbonyl (C=O) groups is 1. The molecule has 0 saturated carbocycles. The van der Waals surface area contributed by atoms with Gasteiger partial charge in [0.1, 0.15) is 11.9 Å². The fourth-order valence-corrected chi connectivity index (χ4v) is 1.13. The molecule has 4 heteroatoms. The van der Waals surface area contributed by atoms with Crippen molar-refractivity contribution >= 4 is 11.7 Å². The zero-order valence-corrected chi connectivity index (χ0v) is 8.66. The van der Waals surface area contributed by atoms with E-state index in [4.69, 9.17) is 0 Å². The van der Waals surface area contributed by atoms with Gasteiger partial charge in [0.15, 0.2) is 0 Å². The lowest BCUT2D eigenvalue weighted by Gasteiger charge is -2.12. The van der Waals surface area contributed by atoms with E-state index in [1.807, 2.05) is 25.1 Å². The zero-order valence-electron chi connectivity index (χ0n) is 8.66. The van der Waals surface area contributed by atoms with Gasteiger partial charge in [0.2, 0.25) is 5.91 Å². The van der Waals surface area contributed by atoms with Crippen LogP contribution in [0.2, 0.25) is 0 Å². The SMILES string of the molecule is CNC(=O)C(C)Nc1cccc(C)n1. The fraction of sp³-hybridized carbons (Fsp3) is 0.400. The molecular weight excluding hydrogens is 178 g/mol. The van der Waals surface area contributed by atoms with Crippen LogP contribution in [0.15, 0.2) is 18.2 Å². The molecule has 2 N–H and O–H groups in total. The second-order valence-corrected chi connectivity index (χ2v) is 3.14. The molecule has 14 heavy (non-hydrogen) atoms. The summed E-state index contributed by atoms with van der Waals surface area (Å²) in [6.45, 7) is 3.71. The molecule has 0 bridgehead atoms. The zero-order chi connectivity index (χ0) is 10.6. The van der Waals surface area contributed by atoms with E-state index in [-0.39, 0.29) is 11.9 Å². The Hall–Kier alpha value is -1.58. The molecule has 1 amide bonds. The Balaban J connectivity index is 2.64. The number of likely N-dealkylation sites (N-methyl/N-ethyl adjacent to an activating group) is 1. The highest BCUT2D eigenvalue weighted by Gasteiger charge is 2.10. The van der Waals surface area contributed by atoms with Crippen LogP contribution >= 0.6 is 0 Å². The molecule has 0 fully saturated rings. The molecule has 1 aromatic rings. The van der Waals surface area contributed by atoms with Crippen molar-refractivity contribution in [2.24, 2.45) is 0 Å². The number of nitrogens with one attached hydrogen (secondary N) is 2. The summed E-state index contributed by atoms with van der Waals surface area (Å²) in [6.07, 6.45) is 0. The van der Waals surface area contributed by atoms with Crippen LogP contribution in [-0.2, 0) is 4.79 Å². The first-order chi connectivity index (χ1) is 6.63. The van der Waals surface area contributed by atoms with Gasteiger partial charge in [0.05, 0.1) is 0 Å². The number of carbonyl (C=O) groups excluding carboxylic acids is 1. The Labute approximate surface area is 83.7 Å². The van der Waals surface area contributed by atoms with E-state index in [1.165, 1.54) is 0 Å². The summed E-state index contributed by atoms with van der Waals surface area (Å²) < 4.78 is 0. The van der Waals surface area contributed by atoms with Gasteiger partial charge in [-0.3, -0.25) is 4.79 Å². The number of aryl methyl sites for hydroxylation is 1. The summed E-state index contributed by atoms with van der Waals surface area (Å²) in [6, 6.07) is 5.39. The number of pyridine rings is 1. The highest BCUT2D eigenvalue weighted by molar-refractivity contribution is 5.83. The minimum Gasteiger partial charge on any atom is -0.359 e. The predicted octanol–water partition coefficient (Wildman–Crippen LogP) is 0.936. The first kappa shape index (κ1) is 10.5. The van der Waals surface area contributed by atoms with E-state index in [0.717, 1.165) is 11.5 Å². The molecule has 1 unspecified atom stereocenters. The maximum Gasteiger partial charge on any atom is 0.241 e. The molecule has 0 saturated heterocycles. The maximum atomic E-state index is 11.2. The Morgan fingerprint density at radius 2 is 2.21 bits per heavy atom. The van der Waals surface area contributed by atoms with Crippen LogP contribution in [0, 0.1) is 6.92 Å². The van der Waals surface area contributed by atoms with Gasteiger partial charge in [-0.05, 0) is 26.0 Å². The van der Waals surface area contributed by atoms with E-state index in [0.29, 0.717) is 0 Å². The van der Waals surface area contributed by atoms with E-state index in [1.54, 1.807) is 14.0 Å². The van der Waals surface area contributed by atoms with Crippen molar-refractivity contribution in [1.29, 1.82) is 0 Å². The lowest BCUT2D eigenvalue weighted by molar-refractivity contribution is -0.121. The number of anilines is 1. The summed E-state index contributed by atoms with van der Waals surface area (Å²) >= 11 is 0. The Kier molecular flexibility index (Phi) is 3.45. The molecule has 1 rings (SSSR count). The first-order valence-electron chi connectivity index (χ1n) is 4.55. The second-order valence-electron chi connectivity index (χ2n) is 3.14. The van der Waals surface area contributed by atoms with Gasteiger partial charge in [-0.1, -0.05) is 6.07 Å². The van der Waals surface area contributed by atoms with E-state index in [9.17, 15) is 4.79 Å². The minimum absolute atomic E-state index is 0.0479. The smallest absolute Gasteiger partial charge is 0.241 e. The van der Waals surface area contributed by atoms with Gasteiger partial charge < -0.3 is 10.6 Å². The third-order valence-corrected chi connectivity index (χ3v) is 1.89. The van der Waals surface area contributed by atoms with E-state index in [2.05, 4.69) is 15.6 Å². The number of amides is 1. The average molecular weight is 193 g/mol. The molecule has 1 heterocycles. The lowest BCUT2D eigenvalue weighted by atomic mass is 10.3. The van der Waals surface area contributed by atoms with Crippen molar-refractivity contribution in [2.45, 2.75) is 19.9 Å². The van der Waals surface area contributed by atoms with Gasteiger partial charge in [-0.25, -0.2) is 4.98 Å². The normalized spacial score (nSPS) is 11.9. The van der Waals surface area contributed by atoms with Gasteiger partial charge in [-0.15, -0.1) is 0 Å². The molecule has 0 aliphatic heterocycles. The molecule has 0 aliphatic carbocycles. The summed E-state index contributed by atoms with van der Waals surface area (Å²) in [5.74, 6) is 0.675. The largest absolute Gasteiger partial charge is 0.359 e. The topological polar surface area (TPSA) is 54.0 Å². The van der Waals surface area contributed by atoms with Crippen molar-refractivity contribution in [1.82, 2.24) is 10.3 Å². The third-order valence-electron chi connectivity index (χ3n) is 1.89. The van der Waals surface area contributed by atoms with E-state index >= 15 is 0 Å². The first-order valence-corrected chi connectivity index (χ1v) is 4.55. The van der Waals surface area contributed by atoms with Crippen molar-refractivity contribution in [3.8, 4) is 0 Å². The molecule has 0 spiro atoms. The Morgan fingerprint density at radius 3 is 2.79 bits per heavy atom. The number of hydrogen-bond donors (Lipinski definition) is 2. The van der Waals surface area contributed by atoms with Crippen LogP contribution < -0.4 is 10.6 Å². The van der Waals surface area contributed by atoms with Crippen LogP contribution in [0.3, 0.4) is 0 Å². The van der Waals surface area contributed by atoms with Crippen LogP contribution in [-0.4, -0.2) is 24.0 Å². The molecule has 1 atom stereocenters. The quantitative estimate of drug-likeness (QED) is 0.751. The number of nitrogens with zero attached hydrogens (tertiary/aromatic N) is 1. The second kappa shape index (κ2) is 4.60. The highest BCUT2D eigenvalue weighted by atomic mass is 16.2. The number of rotatable bonds is 3. The van der Waals surface area contributed by atoms with Gasteiger partial charge in [0, 0.05) is 12.7 Å². The average Bonchev–Trinajstić information content (AvgIpc) is 2.16. The molecule has 0 aromatic carbocycles. The van der Waals surface area contributed by atoms with E-state index < -0.39 is 0 Å². The van der Waals surface area contributed by atoms with Crippen molar-refractivity contribution < 1.29 is 4.79 Å². The molecule has 76 valence electrons. The Bertz CT molecular complexity index is 325. The van der Waals surface area contributed by atoms with Crippen molar-refractivity contribution in [2.75, 3.05) is 12.4 Å². The van der Waals surface area contributed by atoms with Crippen molar-refractivity contribution in [3.05, 3.63) is 23.9 Å². The minimum atomic E-state index is -0.269. The molecule has 0 radical (unpaired) electrons. The molecular formula is C10H15N3O. The standard InChI is InChI=1S/C10H15N3O/c1-7-5-4-6-9(12-7)13-8(2)10(14)11-3/h4-6,8H,1-3H3,(H,11,14)(H,12,13). The maximum absolute atomic E-state index is 11.2. The summed E-state index contributed by atoms with van der Waals surface area (Å²) in [5.41, 5.74) is 0.930. The molecule has 0 aliphatic rings. The van der Waals surface area contributed by atoms with Gasteiger partial charge in [-0.2, -0.15) is 0 Å². The highest BCUT2D eigenvalue weighted by Crippen LogP contribution is 2.05. The summed E-state index contributed by atoms with van der Waals surface area (Å²) in [5, 5.41) is 5.58. The lowest BCUT2D eigenvalue weighted by Crippen LogP contribution is -2.35. The predicted molar refractivity (Wildman–Crippen MR) is 56.1 cm³/mol. The monoisotopic (exact) mass is 193 g/mol. The van der Waals surface area contributed by atoms with Gasteiger partial charge in [0.25, 0.3) is 0 Å². The Morgan fingerprint density at radius 1 is 1.50 bits per heavy atom. The van der Waals surface area contributed by atoms with Crippen LogP contribution in [0.4, 0.5) is 5.82 Å². The fourth-order valence-electron chi connectivity index (χ4n) is 1.13. The summed E-state index contributed by atoms with van der Waals surface area (Å²) in [4.78, 5) is 15.4. The number of aromatic nitrogens is 1. The van der Waals surface area contributed by atoms with Gasteiger partial charge >= 0.3 is 0 Å². The number of hydrogen-bond acceptors (Lipinski definition) is 3. The third kappa shape index (κ3) is 2.73.